The lowest BCUT2D eigenvalue weighted by atomic mass is 9.83. The average molecular weight is 803 g/mol. The Labute approximate surface area is 327 Å². The van der Waals surface area contributed by atoms with Gasteiger partial charge in [-0.3, -0.25) is 38.4 Å². The molecule has 4 rings (SSSR count). The number of Topliss-reactive ketones (excluding diaryl/α,β-unsaturated/α-hetero) is 1. The van der Waals surface area contributed by atoms with Crippen LogP contribution < -0.4 is 9.47 Å². The number of hydrogen-bond acceptors (Lipinski definition) is 18. The summed E-state index contributed by atoms with van der Waals surface area (Å²) in [5.41, 5.74) is -0.990. The van der Waals surface area contributed by atoms with Crippen molar-refractivity contribution >= 4 is 47.6 Å². The van der Waals surface area contributed by atoms with Crippen molar-refractivity contribution < 1.29 is 86.1 Å². The minimum absolute atomic E-state index is 0.0392. The number of phenols is 1. The highest BCUT2D eigenvalue weighted by atomic mass is 16.7. The summed E-state index contributed by atoms with van der Waals surface area (Å²) in [7, 11) is 0. The summed E-state index contributed by atoms with van der Waals surface area (Å²) in [5.74, 6) is -9.92. The largest absolute Gasteiger partial charge is 0.507 e. The second-order valence-electron chi connectivity index (χ2n) is 12.7. The Kier molecular flexibility index (Phi) is 14.9. The van der Waals surface area contributed by atoms with Gasteiger partial charge in [-0.25, -0.2) is 0 Å². The number of carbonyl (C=O) groups is 8. The van der Waals surface area contributed by atoms with Gasteiger partial charge in [-0.2, -0.15) is 0 Å². The molecule has 0 bridgehead atoms. The van der Waals surface area contributed by atoms with E-state index in [2.05, 4.69) is 0 Å². The number of hydrogen-bond donors (Lipinski definition) is 1. The molecule has 7 atom stereocenters. The first-order chi connectivity index (χ1) is 27.1. The maximum absolute atomic E-state index is 14.4. The molecule has 1 N–H and O–H groups in total. The Bertz CT molecular complexity index is 1840. The molecule has 310 valence electrons. The zero-order valence-electron chi connectivity index (χ0n) is 32.6. The molecule has 3 aliphatic rings. The van der Waals surface area contributed by atoms with Gasteiger partial charge in [0.15, 0.2) is 29.5 Å². The quantitative estimate of drug-likeness (QED) is 0.148. The maximum atomic E-state index is 14.4. The molecule has 2 heterocycles. The van der Waals surface area contributed by atoms with Crippen LogP contribution in [-0.4, -0.2) is 83.4 Å². The van der Waals surface area contributed by atoms with E-state index in [9.17, 15) is 43.5 Å². The fourth-order valence-electron chi connectivity index (χ4n) is 5.85. The molecule has 18 heteroatoms. The SMILES string of the molecule is CCC(=O)OC1=CC2Oc3cc(OC(=O)CC)c([C@@H]4O[C@H](OC(=O)CC)[C@@H](OC(=O)CC)[C@H](OC(=O)CC)[C@H]4OC(=O)CC)c(O)c3C(=O)C2C=C1OC(=O)CC. The van der Waals surface area contributed by atoms with Gasteiger partial charge in [-0.05, 0) is 6.08 Å². The molecule has 1 saturated heterocycles. The zero-order chi connectivity index (χ0) is 42.1. The van der Waals surface area contributed by atoms with E-state index >= 15 is 0 Å². The molecule has 1 aliphatic carbocycles. The van der Waals surface area contributed by atoms with Crippen LogP contribution in [0.5, 0.6) is 17.2 Å². The molecule has 1 fully saturated rings. The van der Waals surface area contributed by atoms with Crippen LogP contribution in [-0.2, 0) is 66.7 Å². The normalized spacial score (nSPS) is 23.5. The Balaban J connectivity index is 1.99. The van der Waals surface area contributed by atoms with Gasteiger partial charge in [-0.15, -0.1) is 0 Å². The summed E-state index contributed by atoms with van der Waals surface area (Å²) < 4.78 is 51.2. The van der Waals surface area contributed by atoms with Crippen molar-refractivity contribution in [1.82, 2.24) is 0 Å². The second-order valence-corrected chi connectivity index (χ2v) is 12.7. The van der Waals surface area contributed by atoms with Gasteiger partial charge in [0.1, 0.15) is 35.0 Å². The van der Waals surface area contributed by atoms with Crippen molar-refractivity contribution in [2.24, 2.45) is 5.92 Å². The van der Waals surface area contributed by atoms with Crippen molar-refractivity contribution in [2.75, 3.05) is 0 Å². The lowest BCUT2D eigenvalue weighted by Crippen LogP contribution is -2.59. The van der Waals surface area contributed by atoms with Crippen molar-refractivity contribution in [3.63, 3.8) is 0 Å². The molecule has 2 aliphatic heterocycles. The van der Waals surface area contributed by atoms with Gasteiger partial charge in [-0.1, -0.05) is 48.5 Å². The molecule has 0 aromatic heterocycles. The predicted octanol–water partition coefficient (Wildman–Crippen LogP) is 4.27. The van der Waals surface area contributed by atoms with E-state index in [1.165, 1.54) is 53.7 Å². The number of aromatic hydroxyl groups is 1. The first-order valence-electron chi connectivity index (χ1n) is 18.7. The molecule has 0 radical (unpaired) electrons. The van der Waals surface area contributed by atoms with Gasteiger partial charge in [0, 0.05) is 57.1 Å². The van der Waals surface area contributed by atoms with E-state index in [0.29, 0.717) is 0 Å². The number of carbonyl (C=O) groups excluding carboxylic acids is 8. The number of phenolic OH excluding ortho intramolecular Hbond substituents is 1. The van der Waals surface area contributed by atoms with E-state index in [-0.39, 0.29) is 62.2 Å². The number of ketones is 1. The molecule has 2 unspecified atom stereocenters. The fraction of sp³-hybridized carbons (Fsp3) is 0.538. The fourth-order valence-corrected chi connectivity index (χ4v) is 5.85. The van der Waals surface area contributed by atoms with E-state index in [4.69, 9.17) is 42.6 Å². The third-order valence-electron chi connectivity index (χ3n) is 8.84. The number of rotatable bonds is 15. The molecular weight excluding hydrogens is 756 g/mol. The summed E-state index contributed by atoms with van der Waals surface area (Å²) >= 11 is 0. The van der Waals surface area contributed by atoms with E-state index in [1.807, 2.05) is 0 Å². The van der Waals surface area contributed by atoms with Crippen LogP contribution in [0.2, 0.25) is 0 Å². The molecule has 1 aromatic rings. The third-order valence-corrected chi connectivity index (χ3v) is 8.84. The summed E-state index contributed by atoms with van der Waals surface area (Å²) in [6, 6.07) is 1.10. The van der Waals surface area contributed by atoms with Crippen LogP contribution in [0.4, 0.5) is 0 Å². The Hall–Kier alpha value is -5.78. The lowest BCUT2D eigenvalue weighted by molar-refractivity contribution is -0.299. The number of benzene rings is 1. The van der Waals surface area contributed by atoms with Gasteiger partial charge in [0.25, 0.3) is 0 Å². The molecular formula is C39H46O18. The standard InChI is InChI=1S/C39H46O18/c1-8-24(40)50-20-15-18-19(16-21(20)51-25(41)9-2)49-22-17-23(52-26(42)10-3)32(34(48)31(22)33(18)47)35-36(53-27(43)11-4)37(54-28(44)12-5)38(55-29(45)13-6)39(57-35)56-30(46)14-7/h15-19,35-39,48H,8-14H2,1-7H3/t18?,19?,35-,36-,37+,38-,39-/m0/s1. The van der Waals surface area contributed by atoms with Gasteiger partial charge in [0.2, 0.25) is 12.4 Å². The Morgan fingerprint density at radius 1 is 0.596 bits per heavy atom. The Morgan fingerprint density at radius 3 is 1.58 bits per heavy atom. The summed E-state index contributed by atoms with van der Waals surface area (Å²) in [6.07, 6.45) is -8.87. The van der Waals surface area contributed by atoms with E-state index < -0.39 is 113 Å². The van der Waals surface area contributed by atoms with Crippen LogP contribution in [0, 0.1) is 5.92 Å². The average Bonchev–Trinajstić information content (AvgIpc) is 3.19. The topological polar surface area (TPSA) is 240 Å². The third kappa shape index (κ3) is 9.97. The first kappa shape index (κ1) is 43.9. The molecule has 0 amide bonds. The smallest absolute Gasteiger partial charge is 0.311 e. The second kappa shape index (κ2) is 19.4. The highest BCUT2D eigenvalue weighted by Crippen LogP contribution is 2.51. The van der Waals surface area contributed by atoms with Crippen molar-refractivity contribution in [1.29, 1.82) is 0 Å². The van der Waals surface area contributed by atoms with E-state index in [1.54, 1.807) is 6.92 Å². The summed E-state index contributed by atoms with van der Waals surface area (Å²) in [4.78, 5) is 103. The minimum Gasteiger partial charge on any atom is -0.507 e. The Morgan fingerprint density at radius 2 is 1.05 bits per heavy atom. The molecule has 18 nitrogen and oxygen atoms in total. The van der Waals surface area contributed by atoms with Gasteiger partial charge in [0.05, 0.1) is 11.5 Å². The lowest BCUT2D eigenvalue weighted by Gasteiger charge is -2.44. The molecule has 57 heavy (non-hydrogen) atoms. The minimum atomic E-state index is -1.88. The van der Waals surface area contributed by atoms with Crippen LogP contribution in [0.25, 0.3) is 0 Å². The van der Waals surface area contributed by atoms with Crippen molar-refractivity contribution in [2.45, 2.75) is 130 Å². The first-order valence-corrected chi connectivity index (χ1v) is 18.7. The molecule has 0 saturated carbocycles. The van der Waals surface area contributed by atoms with Crippen LogP contribution in [0.3, 0.4) is 0 Å². The van der Waals surface area contributed by atoms with Gasteiger partial charge >= 0.3 is 41.8 Å². The van der Waals surface area contributed by atoms with Crippen LogP contribution >= 0.6 is 0 Å². The summed E-state index contributed by atoms with van der Waals surface area (Å²) in [5, 5.41) is 12.1. The molecule has 1 aromatic carbocycles. The van der Waals surface area contributed by atoms with Crippen molar-refractivity contribution in [3.8, 4) is 17.2 Å². The van der Waals surface area contributed by atoms with Crippen LogP contribution in [0.1, 0.15) is 115 Å². The number of esters is 7. The highest BCUT2D eigenvalue weighted by Gasteiger charge is 2.56. The highest BCUT2D eigenvalue weighted by molar-refractivity contribution is 6.06. The van der Waals surface area contributed by atoms with Crippen LogP contribution in [0.15, 0.2) is 29.7 Å². The number of fused-ring (bicyclic) bond motifs is 2. The molecule has 0 spiro atoms. The van der Waals surface area contributed by atoms with E-state index in [0.717, 1.165) is 6.07 Å². The zero-order valence-corrected chi connectivity index (χ0v) is 32.6. The predicted molar refractivity (Wildman–Crippen MR) is 190 cm³/mol. The summed E-state index contributed by atoms with van der Waals surface area (Å²) in [6.45, 7) is 10.4. The number of ether oxygens (including phenoxy) is 9. The van der Waals surface area contributed by atoms with Gasteiger partial charge < -0.3 is 47.7 Å². The maximum Gasteiger partial charge on any atom is 0.311 e. The monoisotopic (exact) mass is 802 g/mol. The van der Waals surface area contributed by atoms with Crippen molar-refractivity contribution in [3.05, 3.63) is 40.9 Å².